The molecule has 2 heterocycles. The van der Waals surface area contributed by atoms with Gasteiger partial charge in [0, 0.05) is 55.4 Å². The van der Waals surface area contributed by atoms with Gasteiger partial charge in [0.15, 0.2) is 0 Å². The minimum absolute atomic E-state index is 0.138. The van der Waals surface area contributed by atoms with Gasteiger partial charge in [-0.1, -0.05) is 37.3 Å². The number of ether oxygens (including phenoxy) is 1. The number of aliphatic hydroxyl groups excluding tert-OH is 1. The smallest absolute Gasteiger partial charge is 0.416 e. The average molecular weight is 637 g/mol. The molecule has 1 aromatic heterocycles. The van der Waals surface area contributed by atoms with Crippen molar-refractivity contribution in [1.29, 1.82) is 0 Å². The number of alkyl halides is 3. The number of carbonyl (C=O) groups excluding carboxylic acids is 2. The first kappa shape index (κ1) is 33.0. The van der Waals surface area contributed by atoms with Crippen molar-refractivity contribution in [2.45, 2.75) is 45.1 Å². The van der Waals surface area contributed by atoms with Crippen LogP contribution in [0.4, 0.5) is 18.9 Å². The lowest BCUT2D eigenvalue weighted by Crippen LogP contribution is -2.49. The summed E-state index contributed by atoms with van der Waals surface area (Å²) in [7, 11) is 3.80. The number of fused-ring (bicyclic) bond motifs is 2. The van der Waals surface area contributed by atoms with Gasteiger partial charge in [0.05, 0.1) is 30.2 Å². The van der Waals surface area contributed by atoms with Gasteiger partial charge in [0.25, 0.3) is 5.91 Å². The number of amides is 2. The molecular formula is C35H39F3N4O4. The Kier molecular flexibility index (Phi) is 9.74. The molecule has 46 heavy (non-hydrogen) atoms. The van der Waals surface area contributed by atoms with E-state index in [-0.39, 0.29) is 42.4 Å². The van der Waals surface area contributed by atoms with Crippen LogP contribution in [0.5, 0.6) is 5.75 Å². The van der Waals surface area contributed by atoms with E-state index in [1.165, 1.54) is 12.1 Å². The molecule has 8 nitrogen and oxygen atoms in total. The summed E-state index contributed by atoms with van der Waals surface area (Å²) >= 11 is 0. The van der Waals surface area contributed by atoms with Gasteiger partial charge < -0.3 is 24.6 Å². The molecule has 3 atom stereocenters. The number of para-hydroxylation sites is 1. The Morgan fingerprint density at radius 2 is 1.85 bits per heavy atom. The standard InChI is InChI=1S/C35H39F3N4O4/c1-22-17-42(23(2)21-43)34(45)29-16-27(39-33(44)15-25-19-41(4)30-8-6-5-7-28(25)30)13-14-31(29)46-32(22)20-40(3)18-24-9-11-26(12-10-24)35(36,37)38/h5-14,16,19,22-23,32,43H,15,17-18,20-21H2,1-4H3,(H,39,44)/t22-,23-,32-/m0/s1. The molecule has 0 saturated heterocycles. The van der Waals surface area contributed by atoms with Crippen molar-refractivity contribution < 1.29 is 32.6 Å². The van der Waals surface area contributed by atoms with E-state index in [1.54, 1.807) is 30.0 Å². The predicted molar refractivity (Wildman–Crippen MR) is 171 cm³/mol. The fourth-order valence-corrected chi connectivity index (χ4v) is 5.95. The number of aliphatic hydroxyl groups is 1. The number of carbonyl (C=O) groups is 2. The Morgan fingerprint density at radius 3 is 2.54 bits per heavy atom. The zero-order valence-electron chi connectivity index (χ0n) is 26.3. The number of anilines is 1. The Balaban J connectivity index is 1.35. The molecule has 0 radical (unpaired) electrons. The van der Waals surface area contributed by atoms with Crippen molar-refractivity contribution in [2.75, 3.05) is 32.1 Å². The van der Waals surface area contributed by atoms with Crippen LogP contribution in [0.15, 0.2) is 72.9 Å². The van der Waals surface area contributed by atoms with Crippen LogP contribution in [0.3, 0.4) is 0 Å². The number of benzene rings is 3. The summed E-state index contributed by atoms with van der Waals surface area (Å²) < 4.78 is 47.4. The number of likely N-dealkylation sites (N-methyl/N-ethyl adjacent to an activating group) is 1. The van der Waals surface area contributed by atoms with Crippen LogP contribution in [0.25, 0.3) is 10.9 Å². The molecule has 1 aliphatic heterocycles. The Labute approximate surface area is 266 Å². The Hall–Kier alpha value is -4.35. The van der Waals surface area contributed by atoms with E-state index in [0.29, 0.717) is 31.1 Å². The highest BCUT2D eigenvalue weighted by Gasteiger charge is 2.34. The maximum Gasteiger partial charge on any atom is 0.416 e. The van der Waals surface area contributed by atoms with Gasteiger partial charge >= 0.3 is 6.18 Å². The minimum atomic E-state index is -4.39. The van der Waals surface area contributed by atoms with Gasteiger partial charge in [-0.15, -0.1) is 0 Å². The van der Waals surface area contributed by atoms with Gasteiger partial charge in [-0.25, -0.2) is 0 Å². The topological polar surface area (TPSA) is 87.0 Å². The van der Waals surface area contributed by atoms with E-state index in [1.807, 2.05) is 60.9 Å². The number of halogens is 3. The maximum absolute atomic E-state index is 13.8. The molecule has 0 unspecified atom stereocenters. The summed E-state index contributed by atoms with van der Waals surface area (Å²) in [5, 5.41) is 13.9. The van der Waals surface area contributed by atoms with Crippen LogP contribution in [0, 0.1) is 5.92 Å². The molecular weight excluding hydrogens is 597 g/mol. The van der Waals surface area contributed by atoms with Crippen LogP contribution in [-0.2, 0) is 31.0 Å². The van der Waals surface area contributed by atoms with E-state index < -0.39 is 17.8 Å². The lowest BCUT2D eigenvalue weighted by Gasteiger charge is -2.38. The molecule has 11 heteroatoms. The third-order valence-electron chi connectivity index (χ3n) is 8.50. The summed E-state index contributed by atoms with van der Waals surface area (Å²) in [5.74, 6) is -0.328. The van der Waals surface area contributed by atoms with Gasteiger partial charge in [-0.05, 0) is 61.5 Å². The summed E-state index contributed by atoms with van der Waals surface area (Å²) in [4.78, 5) is 30.5. The average Bonchev–Trinajstić information content (AvgIpc) is 3.33. The van der Waals surface area contributed by atoms with Gasteiger partial charge in [-0.2, -0.15) is 13.2 Å². The van der Waals surface area contributed by atoms with E-state index in [9.17, 15) is 27.9 Å². The summed E-state index contributed by atoms with van der Waals surface area (Å²) in [5.41, 5.74) is 2.67. The zero-order valence-corrected chi connectivity index (χ0v) is 26.3. The number of hydrogen-bond donors (Lipinski definition) is 2. The summed E-state index contributed by atoms with van der Waals surface area (Å²) in [6, 6.07) is 17.5. The van der Waals surface area contributed by atoms with Crippen molar-refractivity contribution in [1.82, 2.24) is 14.4 Å². The van der Waals surface area contributed by atoms with Crippen molar-refractivity contribution in [3.63, 3.8) is 0 Å². The van der Waals surface area contributed by atoms with E-state index in [4.69, 9.17) is 4.74 Å². The van der Waals surface area contributed by atoms with E-state index >= 15 is 0 Å². The fraction of sp³-hybridized carbons (Fsp3) is 0.371. The monoisotopic (exact) mass is 636 g/mol. The SMILES string of the molecule is C[C@H]1CN([C@@H](C)CO)C(=O)c2cc(NC(=O)Cc3cn(C)c4ccccc34)ccc2O[C@H]1CN(C)Cc1ccc(C(F)(F)F)cc1. The molecule has 3 aromatic carbocycles. The molecule has 1 aliphatic rings. The zero-order chi connectivity index (χ0) is 33.2. The first-order valence-corrected chi connectivity index (χ1v) is 15.2. The minimum Gasteiger partial charge on any atom is -0.488 e. The molecule has 4 aromatic rings. The number of rotatable bonds is 9. The van der Waals surface area contributed by atoms with Crippen LogP contribution in [-0.4, -0.2) is 70.2 Å². The highest BCUT2D eigenvalue weighted by Crippen LogP contribution is 2.32. The second kappa shape index (κ2) is 13.6. The highest BCUT2D eigenvalue weighted by molar-refractivity contribution is 6.00. The second-order valence-corrected chi connectivity index (χ2v) is 12.2. The Morgan fingerprint density at radius 1 is 1.13 bits per heavy atom. The first-order valence-electron chi connectivity index (χ1n) is 15.2. The molecule has 2 N–H and O–H groups in total. The van der Waals surface area contributed by atoms with Gasteiger partial charge in [-0.3, -0.25) is 14.5 Å². The van der Waals surface area contributed by atoms with Crippen molar-refractivity contribution >= 4 is 28.4 Å². The van der Waals surface area contributed by atoms with E-state index in [2.05, 4.69) is 5.32 Å². The van der Waals surface area contributed by atoms with Crippen LogP contribution < -0.4 is 10.1 Å². The number of hydrogen-bond acceptors (Lipinski definition) is 5. The molecule has 0 spiro atoms. The fourth-order valence-electron chi connectivity index (χ4n) is 5.95. The number of aryl methyl sites for hydroxylation is 1. The molecule has 0 aliphatic carbocycles. The normalized spacial score (nSPS) is 17.8. The largest absolute Gasteiger partial charge is 0.488 e. The highest BCUT2D eigenvalue weighted by atomic mass is 19.4. The number of nitrogens with one attached hydrogen (secondary N) is 1. The maximum atomic E-state index is 13.8. The third kappa shape index (κ3) is 7.37. The summed E-state index contributed by atoms with van der Waals surface area (Å²) in [6.45, 7) is 4.66. The lowest BCUT2D eigenvalue weighted by molar-refractivity contribution is -0.137. The van der Waals surface area contributed by atoms with Crippen molar-refractivity contribution in [3.8, 4) is 5.75 Å². The Bertz CT molecular complexity index is 1700. The third-order valence-corrected chi connectivity index (χ3v) is 8.50. The predicted octanol–water partition coefficient (Wildman–Crippen LogP) is 5.73. The molecule has 0 fully saturated rings. The molecule has 0 saturated carbocycles. The van der Waals surface area contributed by atoms with E-state index in [0.717, 1.165) is 34.2 Å². The van der Waals surface area contributed by atoms with Crippen LogP contribution in [0.1, 0.15) is 40.9 Å². The van der Waals surface area contributed by atoms with Crippen molar-refractivity contribution in [2.24, 2.45) is 13.0 Å². The second-order valence-electron chi connectivity index (χ2n) is 12.2. The lowest BCUT2D eigenvalue weighted by atomic mass is 9.99. The molecule has 5 rings (SSSR count). The summed E-state index contributed by atoms with van der Waals surface area (Å²) in [6.07, 6.45) is -2.69. The van der Waals surface area contributed by atoms with Crippen LogP contribution >= 0.6 is 0 Å². The molecule has 2 amide bonds. The van der Waals surface area contributed by atoms with Gasteiger partial charge in [0.1, 0.15) is 11.9 Å². The molecule has 244 valence electrons. The molecule has 0 bridgehead atoms. The number of aromatic nitrogens is 1. The van der Waals surface area contributed by atoms with Crippen molar-refractivity contribution in [3.05, 3.63) is 95.2 Å². The first-order chi connectivity index (χ1) is 21.8. The number of nitrogens with zero attached hydrogens (tertiary/aromatic N) is 3. The van der Waals surface area contributed by atoms with Gasteiger partial charge in [0.2, 0.25) is 5.91 Å². The quantitative estimate of drug-likeness (QED) is 0.245. The van der Waals surface area contributed by atoms with Crippen LogP contribution in [0.2, 0.25) is 0 Å².